The van der Waals surface area contributed by atoms with Crippen LogP contribution >= 0.6 is 0 Å². The van der Waals surface area contributed by atoms with Gasteiger partial charge in [-0.1, -0.05) is 18.2 Å². The first-order chi connectivity index (χ1) is 20.0. The number of carbonyl (C=O) groups is 2. The number of anilines is 4. The van der Waals surface area contributed by atoms with Gasteiger partial charge in [0.25, 0.3) is 11.8 Å². The molecule has 10 nitrogen and oxygen atoms in total. The summed E-state index contributed by atoms with van der Waals surface area (Å²) in [5, 5.41) is 8.20. The van der Waals surface area contributed by atoms with Crippen LogP contribution in [-0.4, -0.2) is 65.7 Å². The number of aryl methyl sites for hydroxylation is 1. The molecule has 6 rings (SSSR count). The number of pyridine rings is 1. The number of benzene rings is 2. The maximum atomic E-state index is 15.6. The zero-order valence-corrected chi connectivity index (χ0v) is 22.6. The Kier molecular flexibility index (Phi) is 7.53. The van der Waals surface area contributed by atoms with Gasteiger partial charge in [0.1, 0.15) is 24.1 Å². The zero-order chi connectivity index (χ0) is 28.3. The van der Waals surface area contributed by atoms with Gasteiger partial charge < -0.3 is 15.4 Å². The van der Waals surface area contributed by atoms with Crippen LogP contribution in [0.2, 0.25) is 0 Å². The molecule has 41 heavy (non-hydrogen) atoms. The number of fused-ring (bicyclic) bond motifs is 1. The van der Waals surface area contributed by atoms with Crippen LogP contribution in [-0.2, 0) is 9.53 Å². The van der Waals surface area contributed by atoms with E-state index in [1.54, 1.807) is 23.2 Å². The highest BCUT2D eigenvalue weighted by Crippen LogP contribution is 2.32. The van der Waals surface area contributed by atoms with Gasteiger partial charge in [0.2, 0.25) is 5.95 Å². The molecular weight excluding hydrogens is 525 g/mol. The highest BCUT2D eigenvalue weighted by atomic mass is 19.1. The van der Waals surface area contributed by atoms with Crippen molar-refractivity contribution in [1.29, 1.82) is 0 Å². The van der Waals surface area contributed by atoms with Crippen LogP contribution in [0.4, 0.5) is 27.7 Å². The Balaban J connectivity index is 1.30. The van der Waals surface area contributed by atoms with Gasteiger partial charge in [-0.05, 0) is 67.6 Å². The van der Waals surface area contributed by atoms with Gasteiger partial charge in [-0.25, -0.2) is 14.4 Å². The molecule has 0 spiro atoms. The Morgan fingerprint density at radius 2 is 2.05 bits per heavy atom. The number of halogens is 1. The summed E-state index contributed by atoms with van der Waals surface area (Å²) in [4.78, 5) is 42.7. The minimum atomic E-state index is -0.676. The van der Waals surface area contributed by atoms with E-state index in [-0.39, 0.29) is 30.1 Å². The first-order valence-electron chi connectivity index (χ1n) is 13.7. The number of hydrogen-bond acceptors (Lipinski definition) is 8. The predicted molar refractivity (Wildman–Crippen MR) is 154 cm³/mol. The second-order valence-corrected chi connectivity index (χ2v) is 10.1. The van der Waals surface area contributed by atoms with Crippen molar-refractivity contribution in [1.82, 2.24) is 20.3 Å². The van der Waals surface area contributed by atoms with E-state index in [4.69, 9.17) is 4.74 Å². The maximum absolute atomic E-state index is 15.6. The molecule has 2 amide bonds. The fourth-order valence-corrected chi connectivity index (χ4v) is 5.40. The fourth-order valence-electron chi connectivity index (χ4n) is 5.40. The lowest BCUT2D eigenvalue weighted by atomic mass is 10.0. The molecule has 0 aliphatic carbocycles. The number of amides is 2. The van der Waals surface area contributed by atoms with Crippen molar-refractivity contribution >= 4 is 45.9 Å². The Bertz CT molecular complexity index is 1600. The van der Waals surface area contributed by atoms with Crippen LogP contribution in [0.1, 0.15) is 28.8 Å². The molecule has 0 bridgehead atoms. The van der Waals surface area contributed by atoms with Crippen molar-refractivity contribution in [2.75, 3.05) is 48.0 Å². The Morgan fingerprint density at radius 3 is 2.85 bits per heavy atom. The molecule has 210 valence electrons. The lowest BCUT2D eigenvalue weighted by Gasteiger charge is -2.35. The minimum absolute atomic E-state index is 0.00469. The lowest BCUT2D eigenvalue weighted by Crippen LogP contribution is -2.49. The Morgan fingerprint density at radius 1 is 1.17 bits per heavy atom. The number of carbonyl (C=O) groups excluding carboxylic acids is 2. The second-order valence-electron chi connectivity index (χ2n) is 10.1. The molecule has 0 unspecified atom stereocenters. The van der Waals surface area contributed by atoms with Crippen molar-refractivity contribution in [2.24, 2.45) is 0 Å². The Hall–Kier alpha value is -4.48. The highest BCUT2D eigenvalue weighted by molar-refractivity contribution is 6.11. The molecule has 0 radical (unpaired) electrons. The largest absolute Gasteiger partial charge is 0.370 e. The molecule has 11 heteroatoms. The highest BCUT2D eigenvalue weighted by Gasteiger charge is 2.32. The number of piperidine rings is 1. The molecule has 0 saturated carbocycles. The first kappa shape index (κ1) is 26.7. The van der Waals surface area contributed by atoms with Crippen LogP contribution in [0.15, 0.2) is 60.9 Å². The smallest absolute Gasteiger partial charge is 0.262 e. The normalized spacial score (nSPS) is 17.5. The van der Waals surface area contributed by atoms with Crippen molar-refractivity contribution in [2.45, 2.75) is 25.8 Å². The molecule has 2 aromatic carbocycles. The van der Waals surface area contributed by atoms with Gasteiger partial charge in [0, 0.05) is 30.0 Å². The number of rotatable bonds is 6. The van der Waals surface area contributed by atoms with E-state index < -0.39 is 11.7 Å². The van der Waals surface area contributed by atoms with Crippen molar-refractivity contribution < 1.29 is 18.7 Å². The number of nitrogens with one attached hydrogen (secondary N) is 2. The van der Waals surface area contributed by atoms with Crippen molar-refractivity contribution in [3.05, 3.63) is 77.9 Å². The molecule has 2 N–H and O–H groups in total. The first-order valence-corrected chi connectivity index (χ1v) is 13.7. The van der Waals surface area contributed by atoms with E-state index in [1.165, 1.54) is 23.2 Å². The number of hydrogen-bond donors (Lipinski definition) is 2. The molecule has 2 aromatic heterocycles. The quantitative estimate of drug-likeness (QED) is 0.368. The standard InChI is InChI=1S/C30H30FN7O3/c1-19-4-2-5-20-9-12-33-28(27(19)20)38(22-6-3-11-32-17-22)29(40)23-8-7-21(16-24(23)31)35-30-34-13-10-25(36-30)37-14-15-41-18-26(37)39/h2,4-5,7-10,12-13,16,22,32H,3,6,11,14-15,17-18H2,1H3,(H,34,35,36)/t22-/m1/s1. The third-order valence-corrected chi connectivity index (χ3v) is 7.42. The van der Waals surface area contributed by atoms with Gasteiger partial charge >= 0.3 is 0 Å². The summed E-state index contributed by atoms with van der Waals surface area (Å²) in [6.07, 6.45) is 4.90. The van der Waals surface area contributed by atoms with Gasteiger partial charge in [0.05, 0.1) is 24.8 Å². The summed E-state index contributed by atoms with van der Waals surface area (Å²) in [6, 6.07) is 13.7. The maximum Gasteiger partial charge on any atom is 0.262 e. The summed E-state index contributed by atoms with van der Waals surface area (Å²) < 4.78 is 20.8. The summed E-state index contributed by atoms with van der Waals surface area (Å²) in [7, 11) is 0. The van der Waals surface area contributed by atoms with Gasteiger partial charge in [-0.15, -0.1) is 0 Å². The molecule has 2 aliphatic heterocycles. The number of nitrogens with zero attached hydrogens (tertiary/aromatic N) is 5. The van der Waals surface area contributed by atoms with Gasteiger partial charge in [-0.3, -0.25) is 19.4 Å². The molecule has 4 heterocycles. The van der Waals surface area contributed by atoms with Crippen LogP contribution in [0, 0.1) is 12.7 Å². The van der Waals surface area contributed by atoms with E-state index in [0.717, 1.165) is 35.7 Å². The average Bonchev–Trinajstić information content (AvgIpc) is 2.98. The van der Waals surface area contributed by atoms with E-state index in [2.05, 4.69) is 25.6 Å². The van der Waals surface area contributed by atoms with E-state index >= 15 is 4.39 Å². The topological polar surface area (TPSA) is 113 Å². The van der Waals surface area contributed by atoms with E-state index in [9.17, 15) is 9.59 Å². The third-order valence-electron chi connectivity index (χ3n) is 7.42. The van der Waals surface area contributed by atoms with Crippen LogP contribution in [0.25, 0.3) is 10.8 Å². The summed E-state index contributed by atoms with van der Waals surface area (Å²) in [6.45, 7) is 4.26. The lowest BCUT2D eigenvalue weighted by molar-refractivity contribution is -0.125. The molecule has 1 atom stereocenters. The van der Waals surface area contributed by atoms with Gasteiger partial charge in [-0.2, -0.15) is 4.98 Å². The monoisotopic (exact) mass is 555 g/mol. The molecular formula is C30H30FN7O3. The van der Waals surface area contributed by atoms with Gasteiger partial charge in [0.15, 0.2) is 0 Å². The molecule has 4 aromatic rings. The van der Waals surface area contributed by atoms with E-state index in [0.29, 0.717) is 37.0 Å². The second kappa shape index (κ2) is 11.6. The Labute approximate surface area is 236 Å². The zero-order valence-electron chi connectivity index (χ0n) is 22.6. The molecule has 2 aliphatic rings. The third kappa shape index (κ3) is 5.46. The van der Waals surface area contributed by atoms with E-state index in [1.807, 2.05) is 31.2 Å². The average molecular weight is 556 g/mol. The minimum Gasteiger partial charge on any atom is -0.370 e. The van der Waals surface area contributed by atoms with Crippen molar-refractivity contribution in [3.63, 3.8) is 0 Å². The number of morpholine rings is 1. The molecule has 2 saturated heterocycles. The SMILES string of the molecule is Cc1cccc2ccnc(N(C(=O)c3ccc(Nc4nccc(N5CCOCC5=O)n4)cc3F)[C@@H]3CCCNC3)c12. The predicted octanol–water partition coefficient (Wildman–Crippen LogP) is 3.98. The fraction of sp³-hybridized carbons (Fsp3) is 0.300. The van der Waals surface area contributed by atoms with Crippen LogP contribution in [0.5, 0.6) is 0 Å². The number of ether oxygens (including phenoxy) is 1. The summed E-state index contributed by atoms with van der Waals surface area (Å²) in [5.41, 5.74) is 1.31. The summed E-state index contributed by atoms with van der Waals surface area (Å²) in [5.74, 6) is -0.157. The summed E-state index contributed by atoms with van der Waals surface area (Å²) >= 11 is 0. The van der Waals surface area contributed by atoms with Crippen LogP contribution in [0.3, 0.4) is 0 Å². The number of aromatic nitrogens is 3. The molecule has 2 fully saturated rings. The van der Waals surface area contributed by atoms with Crippen LogP contribution < -0.4 is 20.4 Å². The van der Waals surface area contributed by atoms with Crippen molar-refractivity contribution in [3.8, 4) is 0 Å².